The Balaban J connectivity index is 4.05. The van der Waals surface area contributed by atoms with E-state index in [4.69, 9.17) is 14.2 Å². The van der Waals surface area contributed by atoms with Crippen molar-refractivity contribution in [3.05, 3.63) is 24.3 Å². The van der Waals surface area contributed by atoms with Crippen molar-refractivity contribution < 1.29 is 28.6 Å². The second kappa shape index (κ2) is 63.4. The Labute approximate surface area is 462 Å². The lowest BCUT2D eigenvalue weighted by atomic mass is 10.0. The Morgan fingerprint density at radius 1 is 0.257 bits per heavy atom. The Morgan fingerprint density at radius 2 is 0.459 bits per heavy atom. The van der Waals surface area contributed by atoms with E-state index in [1.165, 1.54) is 270 Å². The Kier molecular flexibility index (Phi) is 61.6. The first-order valence-corrected chi connectivity index (χ1v) is 33.3. The largest absolute Gasteiger partial charge is 0.462 e. The van der Waals surface area contributed by atoms with Gasteiger partial charge in [-0.3, -0.25) is 14.4 Å². The SMILES string of the molecule is CCCC/C=C\CCCCCCCC(=O)OCC(COC(=O)CCCCCCCCCCCCCCCCCCCCC/C=C\CCCCCCCCCC)OC(=O)CCCCCCCCCCCCCCCC. The van der Waals surface area contributed by atoms with E-state index in [-0.39, 0.29) is 31.1 Å². The first kappa shape index (κ1) is 71.9. The molecule has 0 aliphatic carbocycles. The number of ether oxygens (including phenoxy) is 3. The van der Waals surface area contributed by atoms with Crippen LogP contribution in [0.1, 0.15) is 374 Å². The lowest BCUT2D eigenvalue weighted by molar-refractivity contribution is -0.167. The highest BCUT2D eigenvalue weighted by atomic mass is 16.6. The van der Waals surface area contributed by atoms with E-state index in [9.17, 15) is 14.4 Å². The standard InChI is InChI=1S/C68H128O6/c1-4-7-10-13-16-19-22-24-26-27-28-29-30-31-32-33-34-35-36-37-38-39-40-41-42-44-46-49-52-55-58-61-67(70)73-64-65(63-72-66(69)60-57-54-51-48-45-21-18-15-12-9-6-3)74-68(71)62-59-56-53-50-47-43-25-23-20-17-14-11-8-5-2/h15,18,27-28,65H,4-14,16-17,19-26,29-64H2,1-3H3/b18-15-,28-27-. The maximum Gasteiger partial charge on any atom is 0.306 e. The molecule has 0 amide bonds. The molecule has 0 aromatic rings. The van der Waals surface area contributed by atoms with E-state index in [1.54, 1.807) is 0 Å². The van der Waals surface area contributed by atoms with Gasteiger partial charge in [0.2, 0.25) is 0 Å². The van der Waals surface area contributed by atoms with Gasteiger partial charge in [0.25, 0.3) is 0 Å². The van der Waals surface area contributed by atoms with Crippen molar-refractivity contribution in [2.45, 2.75) is 380 Å². The average Bonchev–Trinajstić information content (AvgIpc) is 3.40. The maximum atomic E-state index is 12.9. The molecule has 1 atom stereocenters. The van der Waals surface area contributed by atoms with E-state index in [1.807, 2.05) is 0 Å². The smallest absolute Gasteiger partial charge is 0.306 e. The second-order valence-corrected chi connectivity index (χ2v) is 22.7. The van der Waals surface area contributed by atoms with Crippen molar-refractivity contribution in [1.29, 1.82) is 0 Å². The number of esters is 3. The van der Waals surface area contributed by atoms with Gasteiger partial charge in [0.15, 0.2) is 6.10 Å². The summed E-state index contributed by atoms with van der Waals surface area (Å²) < 4.78 is 16.9. The minimum Gasteiger partial charge on any atom is -0.462 e. The quantitative estimate of drug-likeness (QED) is 0.0261. The Bertz CT molecular complexity index is 1190. The van der Waals surface area contributed by atoms with Crippen LogP contribution in [-0.4, -0.2) is 37.2 Å². The van der Waals surface area contributed by atoms with Gasteiger partial charge in [-0.1, -0.05) is 315 Å². The minimum atomic E-state index is -0.769. The third-order valence-electron chi connectivity index (χ3n) is 15.2. The van der Waals surface area contributed by atoms with E-state index < -0.39 is 6.10 Å². The predicted molar refractivity (Wildman–Crippen MR) is 321 cm³/mol. The second-order valence-electron chi connectivity index (χ2n) is 22.7. The summed E-state index contributed by atoms with van der Waals surface area (Å²) in [5.74, 6) is -0.853. The first-order valence-electron chi connectivity index (χ1n) is 33.3. The van der Waals surface area contributed by atoms with Crippen molar-refractivity contribution in [2.24, 2.45) is 0 Å². The highest BCUT2D eigenvalue weighted by Gasteiger charge is 2.19. The van der Waals surface area contributed by atoms with E-state index >= 15 is 0 Å². The molecule has 0 N–H and O–H groups in total. The fraction of sp³-hybridized carbons (Fsp3) is 0.897. The molecule has 0 spiro atoms. The number of hydrogen-bond acceptors (Lipinski definition) is 6. The van der Waals surface area contributed by atoms with Crippen molar-refractivity contribution in [3.8, 4) is 0 Å². The summed E-state index contributed by atoms with van der Waals surface area (Å²) in [6.45, 7) is 6.65. The summed E-state index contributed by atoms with van der Waals surface area (Å²) in [6, 6.07) is 0. The molecule has 0 radical (unpaired) electrons. The van der Waals surface area contributed by atoms with Crippen LogP contribution in [0, 0.1) is 0 Å². The maximum absolute atomic E-state index is 12.9. The summed E-state index contributed by atoms with van der Waals surface area (Å²) in [7, 11) is 0. The lowest BCUT2D eigenvalue weighted by Gasteiger charge is -2.18. The molecule has 0 aliphatic rings. The van der Waals surface area contributed by atoms with Crippen LogP contribution in [0.2, 0.25) is 0 Å². The molecule has 6 nitrogen and oxygen atoms in total. The fourth-order valence-corrected chi connectivity index (χ4v) is 10.1. The van der Waals surface area contributed by atoms with Gasteiger partial charge in [-0.15, -0.1) is 0 Å². The van der Waals surface area contributed by atoms with Crippen LogP contribution in [0.15, 0.2) is 24.3 Å². The number of rotatable bonds is 62. The Morgan fingerprint density at radius 3 is 0.716 bits per heavy atom. The zero-order valence-electron chi connectivity index (χ0n) is 50.1. The van der Waals surface area contributed by atoms with Crippen LogP contribution in [0.5, 0.6) is 0 Å². The molecule has 6 heteroatoms. The topological polar surface area (TPSA) is 78.9 Å². The molecule has 0 fully saturated rings. The molecule has 0 rings (SSSR count). The van der Waals surface area contributed by atoms with Crippen LogP contribution in [-0.2, 0) is 28.6 Å². The van der Waals surface area contributed by atoms with Crippen molar-refractivity contribution in [2.75, 3.05) is 13.2 Å². The van der Waals surface area contributed by atoms with Gasteiger partial charge in [0.1, 0.15) is 13.2 Å². The summed E-state index contributed by atoms with van der Waals surface area (Å²) in [4.78, 5) is 38.2. The molecule has 0 bridgehead atoms. The molecule has 0 saturated heterocycles. The van der Waals surface area contributed by atoms with Crippen molar-refractivity contribution in [1.82, 2.24) is 0 Å². The number of hydrogen-bond donors (Lipinski definition) is 0. The third kappa shape index (κ3) is 60.8. The summed E-state index contributed by atoms with van der Waals surface area (Å²) in [5.41, 5.74) is 0. The van der Waals surface area contributed by atoms with Crippen LogP contribution in [0.25, 0.3) is 0 Å². The normalized spacial score (nSPS) is 12.1. The summed E-state index contributed by atoms with van der Waals surface area (Å²) >= 11 is 0. The monoisotopic (exact) mass is 1040 g/mol. The number of carbonyl (C=O) groups excluding carboxylic acids is 3. The summed E-state index contributed by atoms with van der Waals surface area (Å²) in [6.07, 6.45) is 76.5. The number of allylic oxidation sites excluding steroid dienone is 4. The van der Waals surface area contributed by atoms with Crippen LogP contribution < -0.4 is 0 Å². The zero-order chi connectivity index (χ0) is 53.6. The molecular formula is C68H128O6. The number of unbranched alkanes of at least 4 members (excludes halogenated alkanes) is 47. The number of carbonyl (C=O) groups is 3. The van der Waals surface area contributed by atoms with Gasteiger partial charge >= 0.3 is 17.9 Å². The third-order valence-corrected chi connectivity index (χ3v) is 15.2. The van der Waals surface area contributed by atoms with Crippen LogP contribution in [0.3, 0.4) is 0 Å². The molecule has 0 aliphatic heterocycles. The van der Waals surface area contributed by atoms with Crippen molar-refractivity contribution >= 4 is 17.9 Å². The first-order chi connectivity index (χ1) is 36.5. The van der Waals surface area contributed by atoms with E-state index in [2.05, 4.69) is 45.1 Å². The molecule has 0 aromatic heterocycles. The molecule has 0 saturated carbocycles. The van der Waals surface area contributed by atoms with E-state index in [0.29, 0.717) is 19.3 Å². The lowest BCUT2D eigenvalue weighted by Crippen LogP contribution is -2.30. The molecular weight excluding hydrogens is 913 g/mol. The highest BCUT2D eigenvalue weighted by molar-refractivity contribution is 5.71. The van der Waals surface area contributed by atoms with Crippen LogP contribution >= 0.6 is 0 Å². The van der Waals surface area contributed by atoms with Gasteiger partial charge < -0.3 is 14.2 Å². The molecule has 0 aromatic carbocycles. The van der Waals surface area contributed by atoms with Gasteiger partial charge in [-0.25, -0.2) is 0 Å². The van der Waals surface area contributed by atoms with Crippen molar-refractivity contribution in [3.63, 3.8) is 0 Å². The van der Waals surface area contributed by atoms with Gasteiger partial charge in [0, 0.05) is 19.3 Å². The molecule has 1 unspecified atom stereocenters. The van der Waals surface area contributed by atoms with Crippen LogP contribution in [0.4, 0.5) is 0 Å². The van der Waals surface area contributed by atoms with Gasteiger partial charge in [0.05, 0.1) is 0 Å². The molecule has 74 heavy (non-hydrogen) atoms. The predicted octanol–water partition coefficient (Wildman–Crippen LogP) is 22.6. The van der Waals surface area contributed by atoms with E-state index in [0.717, 1.165) is 64.2 Å². The molecule has 436 valence electrons. The molecule has 0 heterocycles. The average molecular weight is 1040 g/mol. The zero-order valence-corrected chi connectivity index (χ0v) is 50.1. The Hall–Kier alpha value is -2.11. The minimum absolute atomic E-state index is 0.0679. The van der Waals surface area contributed by atoms with Gasteiger partial charge in [-0.2, -0.15) is 0 Å². The fourth-order valence-electron chi connectivity index (χ4n) is 10.1. The summed E-state index contributed by atoms with van der Waals surface area (Å²) in [5, 5.41) is 0. The van der Waals surface area contributed by atoms with Gasteiger partial charge in [-0.05, 0) is 64.2 Å². The highest BCUT2D eigenvalue weighted by Crippen LogP contribution is 2.18.